The highest BCUT2D eigenvalue weighted by molar-refractivity contribution is 4.92. The molecule has 4 nitrogen and oxygen atoms in total. The lowest BCUT2D eigenvalue weighted by Crippen LogP contribution is -2.41. The summed E-state index contributed by atoms with van der Waals surface area (Å²) in [6.07, 6.45) is 8.91. The number of hydrogen-bond acceptors (Lipinski definition) is 3. The van der Waals surface area contributed by atoms with E-state index < -0.39 is 0 Å². The fourth-order valence-corrected chi connectivity index (χ4v) is 2.81. The molecule has 0 aromatic carbocycles. The molecule has 1 saturated carbocycles. The van der Waals surface area contributed by atoms with Gasteiger partial charge in [0.1, 0.15) is 5.82 Å². The molecule has 1 atom stereocenters. The van der Waals surface area contributed by atoms with Crippen molar-refractivity contribution in [2.24, 2.45) is 0 Å². The van der Waals surface area contributed by atoms with Gasteiger partial charge in [0.05, 0.1) is 6.10 Å². The van der Waals surface area contributed by atoms with Crippen molar-refractivity contribution in [3.63, 3.8) is 0 Å². The second-order valence-corrected chi connectivity index (χ2v) is 5.42. The molecular weight excluding hydrogens is 226 g/mol. The van der Waals surface area contributed by atoms with Crippen molar-refractivity contribution in [2.75, 3.05) is 0 Å². The molecule has 1 aliphatic rings. The van der Waals surface area contributed by atoms with Gasteiger partial charge in [-0.1, -0.05) is 6.92 Å². The van der Waals surface area contributed by atoms with Crippen LogP contribution in [0.25, 0.3) is 0 Å². The summed E-state index contributed by atoms with van der Waals surface area (Å²) in [7, 11) is 0. The largest absolute Gasteiger partial charge is 0.393 e. The zero-order valence-electron chi connectivity index (χ0n) is 11.5. The molecule has 0 spiro atoms. The maximum atomic E-state index is 9.50. The topological polar surface area (TPSA) is 50.1 Å². The Morgan fingerprint density at radius 1 is 1.44 bits per heavy atom. The summed E-state index contributed by atoms with van der Waals surface area (Å²) in [5.41, 5.74) is 0. The molecule has 0 saturated heterocycles. The van der Waals surface area contributed by atoms with Crippen LogP contribution in [-0.4, -0.2) is 32.8 Å². The molecule has 0 bridgehead atoms. The fourth-order valence-electron chi connectivity index (χ4n) is 2.81. The summed E-state index contributed by atoms with van der Waals surface area (Å²) in [6, 6.07) is 1.02. The minimum atomic E-state index is -0.0706. The quantitative estimate of drug-likeness (QED) is 0.838. The Morgan fingerprint density at radius 3 is 2.83 bits per heavy atom. The van der Waals surface area contributed by atoms with Gasteiger partial charge in [0, 0.05) is 37.4 Å². The summed E-state index contributed by atoms with van der Waals surface area (Å²) in [6.45, 7) is 5.34. The molecule has 2 rings (SSSR count). The Balaban J connectivity index is 1.80. The lowest BCUT2D eigenvalue weighted by molar-refractivity contribution is 0.114. The first-order chi connectivity index (χ1) is 8.69. The molecule has 102 valence electrons. The first kappa shape index (κ1) is 13.6. The van der Waals surface area contributed by atoms with Gasteiger partial charge in [0.2, 0.25) is 0 Å². The lowest BCUT2D eigenvalue weighted by atomic mass is 9.93. The number of rotatable bonds is 5. The van der Waals surface area contributed by atoms with Crippen LogP contribution in [0.5, 0.6) is 0 Å². The standard InChI is InChI=1S/C14H25N3O/c1-3-14-15-8-9-17(14)10-11(2)16-12-4-6-13(18)7-5-12/h8-9,11-13,16,18H,3-7,10H2,1-2H3. The molecule has 0 aliphatic heterocycles. The highest BCUT2D eigenvalue weighted by Gasteiger charge is 2.20. The van der Waals surface area contributed by atoms with E-state index in [9.17, 15) is 5.11 Å². The number of aryl methyl sites for hydroxylation is 1. The van der Waals surface area contributed by atoms with E-state index in [1.54, 1.807) is 0 Å². The van der Waals surface area contributed by atoms with Crippen LogP contribution in [0.15, 0.2) is 12.4 Å². The smallest absolute Gasteiger partial charge is 0.108 e. The summed E-state index contributed by atoms with van der Waals surface area (Å²) < 4.78 is 2.23. The molecule has 1 heterocycles. The van der Waals surface area contributed by atoms with Crippen molar-refractivity contribution in [2.45, 2.75) is 70.7 Å². The molecule has 1 aromatic rings. The van der Waals surface area contributed by atoms with Gasteiger partial charge < -0.3 is 15.0 Å². The molecule has 1 aliphatic carbocycles. The zero-order valence-corrected chi connectivity index (χ0v) is 11.5. The lowest BCUT2D eigenvalue weighted by Gasteiger charge is -2.29. The van der Waals surface area contributed by atoms with Gasteiger partial charge in [-0.3, -0.25) is 0 Å². The Bertz CT molecular complexity index is 356. The van der Waals surface area contributed by atoms with E-state index in [4.69, 9.17) is 0 Å². The predicted molar refractivity (Wildman–Crippen MR) is 72.5 cm³/mol. The van der Waals surface area contributed by atoms with Crippen molar-refractivity contribution in [3.8, 4) is 0 Å². The van der Waals surface area contributed by atoms with Crippen LogP contribution < -0.4 is 5.32 Å². The zero-order chi connectivity index (χ0) is 13.0. The van der Waals surface area contributed by atoms with Crippen LogP contribution in [0.2, 0.25) is 0 Å². The molecule has 4 heteroatoms. The monoisotopic (exact) mass is 251 g/mol. The summed E-state index contributed by atoms with van der Waals surface area (Å²) in [5.74, 6) is 1.16. The van der Waals surface area contributed by atoms with Crippen LogP contribution in [0, 0.1) is 0 Å². The summed E-state index contributed by atoms with van der Waals surface area (Å²) in [5, 5.41) is 13.2. The highest BCUT2D eigenvalue weighted by Crippen LogP contribution is 2.18. The molecular formula is C14H25N3O. The van der Waals surface area contributed by atoms with Crippen LogP contribution >= 0.6 is 0 Å². The van der Waals surface area contributed by atoms with Crippen LogP contribution in [0.1, 0.15) is 45.4 Å². The SMILES string of the molecule is CCc1nccn1CC(C)NC1CCC(O)CC1. The van der Waals surface area contributed by atoms with Crippen LogP contribution in [0.3, 0.4) is 0 Å². The third kappa shape index (κ3) is 3.56. The van der Waals surface area contributed by atoms with Gasteiger partial charge in [-0.2, -0.15) is 0 Å². The van der Waals surface area contributed by atoms with E-state index >= 15 is 0 Å². The number of hydrogen-bond donors (Lipinski definition) is 2. The number of aromatic nitrogens is 2. The summed E-state index contributed by atoms with van der Waals surface area (Å²) in [4.78, 5) is 4.35. The second-order valence-electron chi connectivity index (χ2n) is 5.42. The average molecular weight is 251 g/mol. The Labute approximate surface area is 109 Å². The minimum Gasteiger partial charge on any atom is -0.393 e. The number of aliphatic hydroxyl groups excluding tert-OH is 1. The maximum Gasteiger partial charge on any atom is 0.108 e. The Morgan fingerprint density at radius 2 is 2.17 bits per heavy atom. The summed E-state index contributed by atoms with van der Waals surface area (Å²) >= 11 is 0. The van der Waals surface area contributed by atoms with E-state index in [0.717, 1.165) is 44.5 Å². The Kier molecular flexibility index (Phi) is 4.78. The number of imidazole rings is 1. The minimum absolute atomic E-state index is 0.0706. The van der Waals surface area contributed by atoms with Gasteiger partial charge in [0.25, 0.3) is 0 Å². The molecule has 18 heavy (non-hydrogen) atoms. The van der Waals surface area contributed by atoms with Crippen LogP contribution in [-0.2, 0) is 13.0 Å². The second kappa shape index (κ2) is 6.34. The van der Waals surface area contributed by atoms with Gasteiger partial charge in [-0.25, -0.2) is 4.98 Å². The predicted octanol–water partition coefficient (Wildman–Crippen LogP) is 1.73. The van der Waals surface area contributed by atoms with Crippen molar-refractivity contribution in [1.29, 1.82) is 0 Å². The van der Waals surface area contributed by atoms with E-state index in [0.29, 0.717) is 12.1 Å². The number of nitrogens with zero attached hydrogens (tertiary/aromatic N) is 2. The number of nitrogens with one attached hydrogen (secondary N) is 1. The van der Waals surface area contributed by atoms with E-state index in [-0.39, 0.29) is 6.10 Å². The molecule has 0 radical (unpaired) electrons. The van der Waals surface area contributed by atoms with Crippen molar-refractivity contribution in [3.05, 3.63) is 18.2 Å². The van der Waals surface area contributed by atoms with E-state index in [1.165, 1.54) is 0 Å². The third-order valence-corrected chi connectivity index (χ3v) is 3.81. The van der Waals surface area contributed by atoms with Gasteiger partial charge in [0.15, 0.2) is 0 Å². The van der Waals surface area contributed by atoms with Crippen molar-refractivity contribution >= 4 is 0 Å². The first-order valence-corrected chi connectivity index (χ1v) is 7.13. The highest BCUT2D eigenvalue weighted by atomic mass is 16.3. The normalized spacial score (nSPS) is 26.2. The van der Waals surface area contributed by atoms with E-state index in [1.807, 2.05) is 6.20 Å². The van der Waals surface area contributed by atoms with Crippen molar-refractivity contribution in [1.82, 2.24) is 14.9 Å². The first-order valence-electron chi connectivity index (χ1n) is 7.13. The average Bonchev–Trinajstić information content (AvgIpc) is 2.79. The fraction of sp³-hybridized carbons (Fsp3) is 0.786. The van der Waals surface area contributed by atoms with Gasteiger partial charge in [-0.15, -0.1) is 0 Å². The van der Waals surface area contributed by atoms with E-state index in [2.05, 4.69) is 34.9 Å². The Hall–Kier alpha value is -0.870. The third-order valence-electron chi connectivity index (χ3n) is 3.81. The number of aliphatic hydroxyl groups is 1. The molecule has 1 aromatic heterocycles. The molecule has 1 unspecified atom stereocenters. The maximum absolute atomic E-state index is 9.50. The van der Waals surface area contributed by atoms with Crippen molar-refractivity contribution < 1.29 is 5.11 Å². The molecule has 2 N–H and O–H groups in total. The van der Waals surface area contributed by atoms with Crippen LogP contribution in [0.4, 0.5) is 0 Å². The molecule has 1 fully saturated rings. The van der Waals surface area contributed by atoms with Gasteiger partial charge >= 0.3 is 0 Å². The molecule has 0 amide bonds. The van der Waals surface area contributed by atoms with Gasteiger partial charge in [-0.05, 0) is 32.6 Å².